The van der Waals surface area contributed by atoms with E-state index in [0.29, 0.717) is 10.2 Å². The summed E-state index contributed by atoms with van der Waals surface area (Å²) in [5.74, 6) is -0.473. The fraction of sp³-hybridized carbons (Fsp3) is 0.188. The molecule has 0 aliphatic carbocycles. The molecule has 5 nitrogen and oxygen atoms in total. The maximum Gasteiger partial charge on any atom is 0.325 e. The van der Waals surface area contributed by atoms with Crippen LogP contribution in [-0.4, -0.2) is 22.6 Å². The first-order chi connectivity index (χ1) is 10.6. The molecule has 0 amide bonds. The standard InChI is InChI=1S/C16H14N2O3S/c1-10-4-3-5-11(6-10)12-8-22-15-14(12)17-9-18(16(15)20)7-13(19)21-2/h3-6,8-9H,7H2,1-2H3. The zero-order valence-corrected chi connectivity index (χ0v) is 13.0. The molecule has 22 heavy (non-hydrogen) atoms. The van der Waals surface area contributed by atoms with Crippen LogP contribution in [0, 0.1) is 6.92 Å². The van der Waals surface area contributed by atoms with Gasteiger partial charge in [0.1, 0.15) is 11.2 Å². The summed E-state index contributed by atoms with van der Waals surface area (Å²) in [6.07, 6.45) is 1.40. The first-order valence-electron chi connectivity index (χ1n) is 6.70. The fourth-order valence-electron chi connectivity index (χ4n) is 2.28. The highest BCUT2D eigenvalue weighted by Gasteiger charge is 2.14. The van der Waals surface area contributed by atoms with Crippen LogP contribution < -0.4 is 5.56 Å². The van der Waals surface area contributed by atoms with Gasteiger partial charge in [-0.05, 0) is 12.5 Å². The lowest BCUT2D eigenvalue weighted by atomic mass is 10.1. The first-order valence-corrected chi connectivity index (χ1v) is 7.58. The van der Waals surface area contributed by atoms with Gasteiger partial charge in [-0.25, -0.2) is 4.98 Å². The minimum atomic E-state index is -0.473. The maximum absolute atomic E-state index is 12.4. The van der Waals surface area contributed by atoms with Crippen LogP contribution in [0.25, 0.3) is 21.3 Å². The average molecular weight is 314 g/mol. The molecule has 0 atom stereocenters. The molecule has 3 rings (SSSR count). The number of rotatable bonds is 3. The predicted octanol–water partition coefficient (Wildman–Crippen LogP) is 2.61. The highest BCUT2D eigenvalue weighted by molar-refractivity contribution is 7.17. The van der Waals surface area contributed by atoms with Crippen molar-refractivity contribution in [3.63, 3.8) is 0 Å². The summed E-state index contributed by atoms with van der Waals surface area (Å²) in [6, 6.07) is 8.06. The summed E-state index contributed by atoms with van der Waals surface area (Å²) < 4.78 is 6.40. The molecule has 6 heteroatoms. The zero-order chi connectivity index (χ0) is 15.7. The van der Waals surface area contributed by atoms with Crippen molar-refractivity contribution in [2.24, 2.45) is 0 Å². The van der Waals surface area contributed by atoms with Crippen molar-refractivity contribution in [1.82, 2.24) is 9.55 Å². The zero-order valence-electron chi connectivity index (χ0n) is 12.2. The number of fused-ring (bicyclic) bond motifs is 1. The molecule has 0 radical (unpaired) electrons. The molecular weight excluding hydrogens is 300 g/mol. The van der Waals surface area contributed by atoms with E-state index in [1.807, 2.05) is 30.5 Å². The molecule has 112 valence electrons. The van der Waals surface area contributed by atoms with Crippen molar-refractivity contribution in [2.45, 2.75) is 13.5 Å². The lowest BCUT2D eigenvalue weighted by Gasteiger charge is -2.04. The van der Waals surface area contributed by atoms with Crippen LogP contribution in [0.5, 0.6) is 0 Å². The van der Waals surface area contributed by atoms with Crippen LogP contribution in [0.3, 0.4) is 0 Å². The molecule has 0 spiro atoms. The van der Waals surface area contributed by atoms with Crippen LogP contribution in [0.4, 0.5) is 0 Å². The fourth-order valence-corrected chi connectivity index (χ4v) is 3.25. The Morgan fingerprint density at radius 2 is 2.23 bits per heavy atom. The summed E-state index contributed by atoms with van der Waals surface area (Å²) in [5, 5.41) is 1.93. The van der Waals surface area contributed by atoms with Gasteiger partial charge in [0.15, 0.2) is 0 Å². The molecule has 3 aromatic rings. The second-order valence-electron chi connectivity index (χ2n) is 4.95. The van der Waals surface area contributed by atoms with E-state index in [0.717, 1.165) is 16.7 Å². The van der Waals surface area contributed by atoms with Crippen molar-refractivity contribution >= 4 is 27.5 Å². The molecule has 0 saturated carbocycles. The molecule has 0 aliphatic heterocycles. The van der Waals surface area contributed by atoms with Gasteiger partial charge in [-0.3, -0.25) is 14.2 Å². The highest BCUT2D eigenvalue weighted by Crippen LogP contribution is 2.30. The normalized spacial score (nSPS) is 10.8. The minimum Gasteiger partial charge on any atom is -0.468 e. The minimum absolute atomic E-state index is 0.129. The quantitative estimate of drug-likeness (QED) is 0.697. The van der Waals surface area contributed by atoms with Crippen molar-refractivity contribution in [1.29, 1.82) is 0 Å². The second kappa shape index (κ2) is 5.73. The number of hydrogen-bond donors (Lipinski definition) is 0. The van der Waals surface area contributed by atoms with Crippen molar-refractivity contribution in [3.8, 4) is 11.1 Å². The largest absolute Gasteiger partial charge is 0.468 e. The number of carbonyl (C=O) groups excluding carboxylic acids is 1. The molecule has 0 fully saturated rings. The first kappa shape index (κ1) is 14.5. The Labute approximate surface area is 130 Å². The summed E-state index contributed by atoms with van der Waals surface area (Å²) in [4.78, 5) is 28.1. The second-order valence-corrected chi connectivity index (χ2v) is 5.83. The maximum atomic E-state index is 12.4. The topological polar surface area (TPSA) is 61.2 Å². The number of nitrogens with zero attached hydrogens (tertiary/aromatic N) is 2. The van der Waals surface area contributed by atoms with Crippen molar-refractivity contribution in [3.05, 3.63) is 51.9 Å². The van der Waals surface area contributed by atoms with Gasteiger partial charge in [0.05, 0.1) is 19.0 Å². The van der Waals surface area contributed by atoms with Crippen LogP contribution in [-0.2, 0) is 16.1 Å². The van der Waals surface area contributed by atoms with Gasteiger partial charge in [0.25, 0.3) is 5.56 Å². The number of hydrogen-bond acceptors (Lipinski definition) is 5. The average Bonchev–Trinajstić information content (AvgIpc) is 2.94. The van der Waals surface area contributed by atoms with Gasteiger partial charge < -0.3 is 4.74 Å². The lowest BCUT2D eigenvalue weighted by molar-refractivity contribution is -0.141. The summed E-state index contributed by atoms with van der Waals surface area (Å²) in [6.45, 7) is 1.89. The number of esters is 1. The third-order valence-corrected chi connectivity index (χ3v) is 4.36. The monoisotopic (exact) mass is 314 g/mol. The van der Waals surface area contributed by atoms with E-state index in [2.05, 4.69) is 15.8 Å². The Morgan fingerprint density at radius 1 is 1.41 bits per heavy atom. The number of ether oxygens (including phenoxy) is 1. The van der Waals surface area contributed by atoms with E-state index >= 15 is 0 Å². The van der Waals surface area contributed by atoms with E-state index in [-0.39, 0.29) is 12.1 Å². The Hall–Kier alpha value is -2.47. The molecular formula is C16H14N2O3S. The number of thiophene rings is 1. The SMILES string of the molecule is COC(=O)Cn1cnc2c(-c3cccc(C)c3)csc2c1=O. The van der Waals surface area contributed by atoms with Crippen molar-refractivity contribution < 1.29 is 9.53 Å². The van der Waals surface area contributed by atoms with E-state index in [1.165, 1.54) is 29.3 Å². The number of methoxy groups -OCH3 is 1. The Balaban J connectivity index is 2.12. The summed E-state index contributed by atoms with van der Waals surface area (Å²) in [5.41, 5.74) is 3.56. The molecule has 0 N–H and O–H groups in total. The Kier molecular flexibility index (Phi) is 3.77. The number of aromatic nitrogens is 2. The smallest absolute Gasteiger partial charge is 0.325 e. The summed E-state index contributed by atoms with van der Waals surface area (Å²) >= 11 is 1.34. The highest BCUT2D eigenvalue weighted by atomic mass is 32.1. The predicted molar refractivity (Wildman–Crippen MR) is 86.1 cm³/mol. The van der Waals surface area contributed by atoms with Crippen LogP contribution >= 0.6 is 11.3 Å². The van der Waals surface area contributed by atoms with Gasteiger partial charge in [0.2, 0.25) is 0 Å². The Morgan fingerprint density at radius 3 is 2.95 bits per heavy atom. The van der Waals surface area contributed by atoms with Gasteiger partial charge in [-0.1, -0.05) is 29.8 Å². The molecule has 0 bridgehead atoms. The third-order valence-electron chi connectivity index (χ3n) is 3.40. The molecule has 0 unspecified atom stereocenters. The third kappa shape index (κ3) is 2.53. The molecule has 2 aromatic heterocycles. The van der Waals surface area contributed by atoms with Gasteiger partial charge in [-0.15, -0.1) is 11.3 Å². The number of benzene rings is 1. The number of aryl methyl sites for hydroxylation is 1. The van der Waals surface area contributed by atoms with Crippen LogP contribution in [0.1, 0.15) is 5.56 Å². The molecule has 2 heterocycles. The Bertz CT molecular complexity index is 911. The van der Waals surface area contributed by atoms with Crippen LogP contribution in [0.2, 0.25) is 0 Å². The molecule has 0 saturated heterocycles. The molecule has 1 aromatic carbocycles. The van der Waals surface area contributed by atoms with E-state index < -0.39 is 5.97 Å². The van der Waals surface area contributed by atoms with E-state index in [9.17, 15) is 9.59 Å². The van der Waals surface area contributed by atoms with Gasteiger partial charge >= 0.3 is 5.97 Å². The van der Waals surface area contributed by atoms with Gasteiger partial charge in [0, 0.05) is 10.9 Å². The number of carbonyl (C=O) groups is 1. The van der Waals surface area contributed by atoms with Crippen molar-refractivity contribution in [2.75, 3.05) is 7.11 Å². The molecule has 0 aliphatic rings. The van der Waals surface area contributed by atoms with E-state index in [1.54, 1.807) is 0 Å². The lowest BCUT2D eigenvalue weighted by Crippen LogP contribution is -2.24. The van der Waals surface area contributed by atoms with Gasteiger partial charge in [-0.2, -0.15) is 0 Å². The van der Waals surface area contributed by atoms with Crippen LogP contribution in [0.15, 0.2) is 40.8 Å². The summed E-state index contributed by atoms with van der Waals surface area (Å²) in [7, 11) is 1.29. The van der Waals surface area contributed by atoms with E-state index in [4.69, 9.17) is 0 Å².